The zero-order valence-electron chi connectivity index (χ0n) is 12.9. The number of thioether (sulfide) groups is 1. The first-order chi connectivity index (χ1) is 9.33. The zero-order chi connectivity index (χ0) is 15.2. The molecule has 1 aromatic rings. The summed E-state index contributed by atoms with van der Waals surface area (Å²) < 4.78 is 27.9. The summed E-state index contributed by atoms with van der Waals surface area (Å²) in [6, 6.07) is 2.87. The molecule has 0 bridgehead atoms. The number of halogens is 2. The van der Waals surface area contributed by atoms with Crippen LogP contribution in [0, 0.1) is 11.6 Å². The van der Waals surface area contributed by atoms with Gasteiger partial charge in [0, 0.05) is 12.1 Å². The second-order valence-electron chi connectivity index (χ2n) is 6.05. The standard InChI is InChI=1S/C16H25F2NS/c1-5-6-7-8-20-15-13(17)9-12(10-14(15)18)11-19-16(2,3)4/h9-10,19H,5-8,11H2,1-4H3. The van der Waals surface area contributed by atoms with Gasteiger partial charge < -0.3 is 5.32 Å². The van der Waals surface area contributed by atoms with Crippen LogP contribution in [-0.2, 0) is 6.54 Å². The third-order valence-electron chi connectivity index (χ3n) is 2.88. The van der Waals surface area contributed by atoms with Crippen LogP contribution in [0.2, 0.25) is 0 Å². The minimum absolute atomic E-state index is 0.0689. The molecule has 1 N–H and O–H groups in total. The molecular formula is C16H25F2NS. The van der Waals surface area contributed by atoms with Gasteiger partial charge in [0.25, 0.3) is 0 Å². The van der Waals surface area contributed by atoms with Crippen LogP contribution in [0.4, 0.5) is 8.78 Å². The van der Waals surface area contributed by atoms with Gasteiger partial charge in [-0.15, -0.1) is 11.8 Å². The summed E-state index contributed by atoms with van der Waals surface area (Å²) in [5.41, 5.74) is 0.577. The molecule has 0 radical (unpaired) electrons. The van der Waals surface area contributed by atoms with Gasteiger partial charge in [-0.3, -0.25) is 0 Å². The fraction of sp³-hybridized carbons (Fsp3) is 0.625. The Bertz CT molecular complexity index is 404. The Morgan fingerprint density at radius 2 is 1.70 bits per heavy atom. The average Bonchev–Trinajstić information content (AvgIpc) is 2.34. The van der Waals surface area contributed by atoms with E-state index in [0.29, 0.717) is 12.1 Å². The van der Waals surface area contributed by atoms with Gasteiger partial charge in [-0.25, -0.2) is 8.78 Å². The number of hydrogen-bond acceptors (Lipinski definition) is 2. The molecule has 4 heteroatoms. The molecule has 0 spiro atoms. The maximum absolute atomic E-state index is 14.0. The maximum atomic E-state index is 14.0. The van der Waals surface area contributed by atoms with Crippen molar-refractivity contribution in [1.82, 2.24) is 5.32 Å². The summed E-state index contributed by atoms with van der Waals surface area (Å²) in [6.45, 7) is 8.66. The molecule has 0 saturated heterocycles. The fourth-order valence-electron chi connectivity index (χ4n) is 1.75. The lowest BCUT2D eigenvalue weighted by molar-refractivity contribution is 0.422. The van der Waals surface area contributed by atoms with Gasteiger partial charge in [0.2, 0.25) is 0 Å². The molecule has 1 aromatic carbocycles. The fourth-order valence-corrected chi connectivity index (χ4v) is 2.69. The minimum Gasteiger partial charge on any atom is -0.308 e. The predicted molar refractivity (Wildman–Crippen MR) is 83.2 cm³/mol. The third-order valence-corrected chi connectivity index (χ3v) is 4.05. The number of rotatable bonds is 7. The monoisotopic (exact) mass is 301 g/mol. The summed E-state index contributed by atoms with van der Waals surface area (Å²) >= 11 is 1.28. The van der Waals surface area contributed by atoms with Crippen molar-refractivity contribution in [2.75, 3.05) is 5.75 Å². The Balaban J connectivity index is 2.66. The van der Waals surface area contributed by atoms with E-state index in [4.69, 9.17) is 0 Å². The van der Waals surface area contributed by atoms with Crippen LogP contribution in [0.15, 0.2) is 17.0 Å². The summed E-state index contributed by atoms with van der Waals surface area (Å²) in [7, 11) is 0. The van der Waals surface area contributed by atoms with Crippen LogP contribution in [0.3, 0.4) is 0 Å². The molecule has 0 saturated carbocycles. The Morgan fingerprint density at radius 3 is 2.20 bits per heavy atom. The molecule has 0 aliphatic carbocycles. The summed E-state index contributed by atoms with van der Waals surface area (Å²) in [4.78, 5) is 0.153. The van der Waals surface area contributed by atoms with Crippen molar-refractivity contribution in [3.63, 3.8) is 0 Å². The molecule has 20 heavy (non-hydrogen) atoms. The molecule has 0 aliphatic heterocycles. The van der Waals surface area contributed by atoms with Crippen molar-refractivity contribution in [1.29, 1.82) is 0 Å². The molecule has 0 aliphatic rings. The molecule has 0 aromatic heterocycles. The highest BCUT2D eigenvalue weighted by atomic mass is 32.2. The largest absolute Gasteiger partial charge is 0.308 e. The Kier molecular flexibility index (Phi) is 6.96. The van der Waals surface area contributed by atoms with Gasteiger partial charge in [0.05, 0.1) is 4.90 Å². The van der Waals surface area contributed by atoms with E-state index in [2.05, 4.69) is 12.2 Å². The highest BCUT2D eigenvalue weighted by Gasteiger charge is 2.13. The van der Waals surface area contributed by atoms with Crippen molar-refractivity contribution in [2.24, 2.45) is 0 Å². The lowest BCUT2D eigenvalue weighted by atomic mass is 10.1. The minimum atomic E-state index is -0.447. The van der Waals surface area contributed by atoms with E-state index in [1.807, 2.05) is 20.8 Å². The van der Waals surface area contributed by atoms with Gasteiger partial charge >= 0.3 is 0 Å². The van der Waals surface area contributed by atoms with Crippen LogP contribution in [0.25, 0.3) is 0 Å². The van der Waals surface area contributed by atoms with Gasteiger partial charge in [-0.1, -0.05) is 19.8 Å². The molecule has 0 atom stereocenters. The van der Waals surface area contributed by atoms with Gasteiger partial charge in [0.15, 0.2) is 0 Å². The van der Waals surface area contributed by atoms with Crippen molar-refractivity contribution in [3.05, 3.63) is 29.3 Å². The molecule has 0 heterocycles. The number of hydrogen-bond donors (Lipinski definition) is 1. The first kappa shape index (κ1) is 17.4. The second kappa shape index (κ2) is 7.99. The number of nitrogens with one attached hydrogen (secondary N) is 1. The van der Waals surface area contributed by atoms with E-state index in [0.717, 1.165) is 25.0 Å². The van der Waals surface area contributed by atoms with Crippen LogP contribution in [0.1, 0.15) is 52.5 Å². The lowest BCUT2D eigenvalue weighted by Gasteiger charge is -2.20. The van der Waals surface area contributed by atoms with Crippen LogP contribution >= 0.6 is 11.8 Å². The highest BCUT2D eigenvalue weighted by Crippen LogP contribution is 2.27. The molecule has 0 unspecified atom stereocenters. The molecule has 1 rings (SSSR count). The maximum Gasteiger partial charge on any atom is 0.140 e. The molecular weight excluding hydrogens is 276 g/mol. The SMILES string of the molecule is CCCCCSc1c(F)cc(CNC(C)(C)C)cc1F. The Hall–Kier alpha value is -0.610. The predicted octanol–water partition coefficient (Wildman–Crippen LogP) is 5.14. The normalized spacial score (nSPS) is 11.9. The van der Waals surface area contributed by atoms with Crippen molar-refractivity contribution in [3.8, 4) is 0 Å². The molecule has 1 nitrogen and oxygen atoms in total. The van der Waals surface area contributed by atoms with E-state index < -0.39 is 11.6 Å². The van der Waals surface area contributed by atoms with E-state index in [1.165, 1.54) is 23.9 Å². The molecule has 0 amide bonds. The molecule has 0 fully saturated rings. The van der Waals surface area contributed by atoms with E-state index in [9.17, 15) is 8.78 Å². The number of unbranched alkanes of at least 4 members (excludes halogenated alkanes) is 2. The van der Waals surface area contributed by atoms with E-state index in [-0.39, 0.29) is 10.4 Å². The van der Waals surface area contributed by atoms with Crippen molar-refractivity contribution in [2.45, 2.75) is 63.9 Å². The van der Waals surface area contributed by atoms with Crippen LogP contribution < -0.4 is 5.32 Å². The molecule has 114 valence electrons. The first-order valence-corrected chi connectivity index (χ1v) is 8.18. The van der Waals surface area contributed by atoms with Gasteiger partial charge in [-0.05, 0) is 50.6 Å². The van der Waals surface area contributed by atoms with Crippen LogP contribution in [-0.4, -0.2) is 11.3 Å². The zero-order valence-corrected chi connectivity index (χ0v) is 13.7. The smallest absolute Gasteiger partial charge is 0.140 e. The van der Waals surface area contributed by atoms with E-state index >= 15 is 0 Å². The lowest BCUT2D eigenvalue weighted by Crippen LogP contribution is -2.35. The quantitative estimate of drug-likeness (QED) is 0.553. The van der Waals surface area contributed by atoms with E-state index in [1.54, 1.807) is 0 Å². The van der Waals surface area contributed by atoms with Crippen LogP contribution in [0.5, 0.6) is 0 Å². The van der Waals surface area contributed by atoms with Crippen molar-refractivity contribution >= 4 is 11.8 Å². The summed E-state index contributed by atoms with van der Waals surface area (Å²) in [5, 5.41) is 3.23. The number of benzene rings is 1. The average molecular weight is 301 g/mol. The first-order valence-electron chi connectivity index (χ1n) is 7.19. The van der Waals surface area contributed by atoms with Gasteiger partial charge in [0.1, 0.15) is 11.6 Å². The van der Waals surface area contributed by atoms with Crippen molar-refractivity contribution < 1.29 is 8.78 Å². The summed E-state index contributed by atoms with van der Waals surface area (Å²) in [5.74, 6) is -0.129. The topological polar surface area (TPSA) is 12.0 Å². The van der Waals surface area contributed by atoms with Gasteiger partial charge in [-0.2, -0.15) is 0 Å². The third kappa shape index (κ3) is 6.23. The summed E-state index contributed by atoms with van der Waals surface area (Å²) in [6.07, 6.45) is 3.21. The highest BCUT2D eigenvalue weighted by molar-refractivity contribution is 7.99. The second-order valence-corrected chi connectivity index (χ2v) is 7.15. The Labute approximate surface area is 125 Å². The Morgan fingerprint density at radius 1 is 1.10 bits per heavy atom.